The molecule has 2 aromatic rings. The van der Waals surface area contributed by atoms with Crippen molar-refractivity contribution in [2.75, 3.05) is 32.8 Å². The molecule has 1 aliphatic heterocycles. The van der Waals surface area contributed by atoms with E-state index < -0.39 is 0 Å². The lowest BCUT2D eigenvalue weighted by atomic mass is 10.2. The van der Waals surface area contributed by atoms with E-state index in [0.717, 1.165) is 29.2 Å². The summed E-state index contributed by atoms with van der Waals surface area (Å²) in [5, 5.41) is 2.98. The number of nitrogens with zero attached hydrogens (tertiary/aromatic N) is 4. The van der Waals surface area contributed by atoms with Crippen molar-refractivity contribution in [3.05, 3.63) is 46.2 Å². The van der Waals surface area contributed by atoms with Gasteiger partial charge in [-0.25, -0.2) is 9.78 Å². The van der Waals surface area contributed by atoms with Gasteiger partial charge in [-0.3, -0.25) is 9.78 Å². The maximum absolute atomic E-state index is 12.5. The first-order chi connectivity index (χ1) is 13.2. The number of hydrogen-bond acceptors (Lipinski definition) is 6. The SMILES string of the molecule is CCOC(=O)N1CCN(C(=O)Cc2csc(CCc3ccccn3)n2)CC1. The number of thiazole rings is 1. The fourth-order valence-electron chi connectivity index (χ4n) is 2.95. The predicted molar refractivity (Wildman–Crippen MR) is 103 cm³/mol. The molecule has 27 heavy (non-hydrogen) atoms. The van der Waals surface area contributed by atoms with Gasteiger partial charge in [-0.1, -0.05) is 6.07 Å². The van der Waals surface area contributed by atoms with E-state index in [-0.39, 0.29) is 12.0 Å². The summed E-state index contributed by atoms with van der Waals surface area (Å²) in [4.78, 5) is 36.6. The lowest BCUT2D eigenvalue weighted by Gasteiger charge is -2.34. The number of pyridine rings is 1. The van der Waals surface area contributed by atoms with Crippen molar-refractivity contribution in [3.8, 4) is 0 Å². The molecule has 0 radical (unpaired) electrons. The van der Waals surface area contributed by atoms with Crippen molar-refractivity contribution in [2.24, 2.45) is 0 Å². The standard InChI is InChI=1S/C19H24N4O3S/c1-2-26-19(25)23-11-9-22(10-12-23)18(24)13-16-14-27-17(21-16)7-6-15-5-3-4-8-20-15/h3-5,8,14H,2,6-7,9-13H2,1H3. The van der Waals surface area contributed by atoms with Gasteiger partial charge < -0.3 is 14.5 Å². The third kappa shape index (κ3) is 5.50. The van der Waals surface area contributed by atoms with Gasteiger partial charge in [-0.05, 0) is 25.5 Å². The number of aromatic nitrogens is 2. The number of piperazine rings is 1. The molecule has 2 amide bonds. The molecule has 0 saturated carbocycles. The molecule has 3 heterocycles. The summed E-state index contributed by atoms with van der Waals surface area (Å²) in [5.41, 5.74) is 1.86. The largest absolute Gasteiger partial charge is 0.450 e. The van der Waals surface area contributed by atoms with E-state index >= 15 is 0 Å². The lowest BCUT2D eigenvalue weighted by Crippen LogP contribution is -2.51. The van der Waals surface area contributed by atoms with Crippen LogP contribution in [0.5, 0.6) is 0 Å². The molecule has 2 aromatic heterocycles. The summed E-state index contributed by atoms with van der Waals surface area (Å²) in [6, 6.07) is 5.90. The number of amides is 2. The number of rotatable bonds is 6. The van der Waals surface area contributed by atoms with Crippen LogP contribution >= 0.6 is 11.3 Å². The Morgan fingerprint density at radius 2 is 1.89 bits per heavy atom. The fourth-order valence-corrected chi connectivity index (χ4v) is 3.74. The number of carbonyl (C=O) groups is 2. The van der Waals surface area contributed by atoms with Crippen molar-refractivity contribution in [2.45, 2.75) is 26.2 Å². The van der Waals surface area contributed by atoms with Crippen LogP contribution in [0, 0.1) is 0 Å². The number of aryl methyl sites for hydroxylation is 2. The van der Waals surface area contributed by atoms with Gasteiger partial charge in [0.1, 0.15) is 0 Å². The summed E-state index contributed by atoms with van der Waals surface area (Å²) in [5.74, 6) is 0.0556. The van der Waals surface area contributed by atoms with Crippen molar-refractivity contribution >= 4 is 23.3 Å². The van der Waals surface area contributed by atoms with E-state index in [9.17, 15) is 9.59 Å². The molecule has 8 heteroatoms. The summed E-state index contributed by atoms with van der Waals surface area (Å²) in [6.45, 7) is 4.25. The Morgan fingerprint density at radius 1 is 1.11 bits per heavy atom. The van der Waals surface area contributed by atoms with Crippen LogP contribution in [0.1, 0.15) is 23.3 Å². The fraction of sp³-hybridized carbons (Fsp3) is 0.474. The van der Waals surface area contributed by atoms with Gasteiger partial charge in [0.25, 0.3) is 0 Å². The molecule has 0 N–H and O–H groups in total. The van der Waals surface area contributed by atoms with E-state index in [1.165, 1.54) is 0 Å². The molecule has 7 nitrogen and oxygen atoms in total. The van der Waals surface area contributed by atoms with Crippen molar-refractivity contribution < 1.29 is 14.3 Å². The monoisotopic (exact) mass is 388 g/mol. The highest BCUT2D eigenvalue weighted by Crippen LogP contribution is 2.14. The van der Waals surface area contributed by atoms with Gasteiger partial charge in [-0.15, -0.1) is 11.3 Å². The minimum absolute atomic E-state index is 0.0556. The second kappa shape index (κ2) is 9.45. The third-order valence-corrected chi connectivity index (χ3v) is 5.37. The highest BCUT2D eigenvalue weighted by Gasteiger charge is 2.25. The predicted octanol–water partition coefficient (Wildman–Crippen LogP) is 2.17. The Morgan fingerprint density at radius 3 is 2.59 bits per heavy atom. The maximum Gasteiger partial charge on any atom is 0.409 e. The minimum Gasteiger partial charge on any atom is -0.450 e. The Hall–Kier alpha value is -2.48. The van der Waals surface area contributed by atoms with E-state index in [1.54, 1.807) is 34.3 Å². The van der Waals surface area contributed by atoms with Gasteiger partial charge in [0.15, 0.2) is 0 Å². The molecule has 0 aromatic carbocycles. The van der Waals surface area contributed by atoms with Crippen LogP contribution in [0.25, 0.3) is 0 Å². The van der Waals surface area contributed by atoms with E-state index in [2.05, 4.69) is 9.97 Å². The molecular weight excluding hydrogens is 364 g/mol. The highest BCUT2D eigenvalue weighted by molar-refractivity contribution is 7.09. The Bertz CT molecular complexity index is 757. The Kier molecular flexibility index (Phi) is 6.75. The van der Waals surface area contributed by atoms with Gasteiger partial charge in [0.2, 0.25) is 5.91 Å². The molecule has 0 aliphatic carbocycles. The van der Waals surface area contributed by atoms with Gasteiger partial charge in [-0.2, -0.15) is 0 Å². The Balaban J connectivity index is 1.45. The van der Waals surface area contributed by atoms with Gasteiger partial charge in [0.05, 0.1) is 23.7 Å². The summed E-state index contributed by atoms with van der Waals surface area (Å²) in [6.07, 6.45) is 3.47. The second-order valence-corrected chi connectivity index (χ2v) is 7.24. The normalized spacial score (nSPS) is 14.3. The topological polar surface area (TPSA) is 75.6 Å². The van der Waals surface area contributed by atoms with Crippen LogP contribution in [0.15, 0.2) is 29.8 Å². The highest BCUT2D eigenvalue weighted by atomic mass is 32.1. The maximum atomic E-state index is 12.5. The summed E-state index contributed by atoms with van der Waals surface area (Å²) in [7, 11) is 0. The zero-order valence-corrected chi connectivity index (χ0v) is 16.3. The molecule has 3 rings (SSSR count). The molecule has 1 aliphatic rings. The molecule has 144 valence electrons. The van der Waals surface area contributed by atoms with Crippen molar-refractivity contribution in [1.29, 1.82) is 0 Å². The van der Waals surface area contributed by atoms with E-state index in [1.807, 2.05) is 23.6 Å². The molecular formula is C19H24N4O3S. The van der Waals surface area contributed by atoms with Crippen LogP contribution in [0.3, 0.4) is 0 Å². The zero-order chi connectivity index (χ0) is 19.1. The molecule has 1 saturated heterocycles. The minimum atomic E-state index is -0.304. The first-order valence-electron chi connectivity index (χ1n) is 9.18. The first kappa shape index (κ1) is 19.3. The molecule has 0 bridgehead atoms. The molecule has 1 fully saturated rings. The van der Waals surface area contributed by atoms with Crippen LogP contribution in [0.2, 0.25) is 0 Å². The third-order valence-electron chi connectivity index (χ3n) is 4.41. The average molecular weight is 388 g/mol. The van der Waals surface area contributed by atoms with Gasteiger partial charge in [0, 0.05) is 49.9 Å². The van der Waals surface area contributed by atoms with Crippen molar-refractivity contribution in [1.82, 2.24) is 19.8 Å². The van der Waals surface area contributed by atoms with E-state index in [0.29, 0.717) is 39.2 Å². The number of hydrogen-bond donors (Lipinski definition) is 0. The second-order valence-electron chi connectivity index (χ2n) is 6.30. The van der Waals surface area contributed by atoms with Crippen LogP contribution in [0.4, 0.5) is 4.79 Å². The van der Waals surface area contributed by atoms with Gasteiger partial charge >= 0.3 is 6.09 Å². The summed E-state index contributed by atoms with van der Waals surface area (Å²) >= 11 is 1.59. The van der Waals surface area contributed by atoms with Crippen molar-refractivity contribution in [3.63, 3.8) is 0 Å². The van der Waals surface area contributed by atoms with Crippen LogP contribution < -0.4 is 0 Å². The quantitative estimate of drug-likeness (QED) is 0.758. The molecule has 0 unspecified atom stereocenters. The average Bonchev–Trinajstić information content (AvgIpc) is 3.15. The first-order valence-corrected chi connectivity index (χ1v) is 10.1. The smallest absolute Gasteiger partial charge is 0.409 e. The number of ether oxygens (including phenoxy) is 1. The summed E-state index contributed by atoms with van der Waals surface area (Å²) < 4.78 is 5.00. The Labute approximate surface area is 163 Å². The zero-order valence-electron chi connectivity index (χ0n) is 15.5. The lowest BCUT2D eigenvalue weighted by molar-refractivity contribution is -0.132. The number of carbonyl (C=O) groups excluding carboxylic acids is 2. The molecule has 0 spiro atoms. The van der Waals surface area contributed by atoms with Crippen LogP contribution in [-0.4, -0.2) is 64.6 Å². The van der Waals surface area contributed by atoms with Crippen LogP contribution in [-0.2, 0) is 28.8 Å². The molecule has 0 atom stereocenters. The van der Waals surface area contributed by atoms with E-state index in [4.69, 9.17) is 4.74 Å².